The van der Waals surface area contributed by atoms with Crippen molar-refractivity contribution in [1.29, 1.82) is 0 Å². The molecule has 0 saturated heterocycles. The average Bonchev–Trinajstić information content (AvgIpc) is 3.12. The van der Waals surface area contributed by atoms with Crippen molar-refractivity contribution < 1.29 is 9.90 Å². The van der Waals surface area contributed by atoms with E-state index in [1.807, 2.05) is 31.1 Å². The van der Waals surface area contributed by atoms with Crippen molar-refractivity contribution in [3.63, 3.8) is 0 Å². The number of fused-ring (bicyclic) bond motifs is 1. The normalized spacial score (nSPS) is 14.6. The minimum Gasteiger partial charge on any atom is -0.478 e. The van der Waals surface area contributed by atoms with Gasteiger partial charge in [-0.15, -0.1) is 0 Å². The summed E-state index contributed by atoms with van der Waals surface area (Å²) in [5.74, 6) is -0.414. The molecule has 1 N–H and O–H groups in total. The molecule has 0 radical (unpaired) electrons. The number of hydrogen-bond donors (Lipinski definition) is 1. The first-order chi connectivity index (χ1) is 16.3. The van der Waals surface area contributed by atoms with Gasteiger partial charge in [-0.2, -0.15) is 0 Å². The second-order valence-electron chi connectivity index (χ2n) is 10.1. The van der Waals surface area contributed by atoms with Crippen molar-refractivity contribution in [3.8, 4) is 11.3 Å². The maximum atomic E-state index is 11.9. The molecule has 0 aliphatic heterocycles. The number of carboxylic acids is 1. The Kier molecular flexibility index (Phi) is 7.13. The zero-order valence-corrected chi connectivity index (χ0v) is 21.0. The Hall–Kier alpha value is -3.05. The third-order valence-electron chi connectivity index (χ3n) is 7.04. The Labute approximate surface area is 203 Å². The summed E-state index contributed by atoms with van der Waals surface area (Å²) in [7, 11) is 8.20. The Balaban J connectivity index is 2.02. The van der Waals surface area contributed by atoms with E-state index in [0.717, 1.165) is 17.8 Å². The fourth-order valence-corrected chi connectivity index (χ4v) is 5.30. The molecular weight excluding hydrogens is 422 g/mol. The van der Waals surface area contributed by atoms with Gasteiger partial charge in [0.25, 0.3) is 0 Å². The zero-order chi connectivity index (χ0) is 24.4. The van der Waals surface area contributed by atoms with Crippen LogP contribution in [0.2, 0.25) is 0 Å². The fraction of sp³-hybridized carbons (Fsp3) is 0.414. The van der Waals surface area contributed by atoms with Crippen molar-refractivity contribution in [2.24, 2.45) is 0 Å². The summed E-state index contributed by atoms with van der Waals surface area (Å²) in [6.45, 7) is 5.80. The first kappa shape index (κ1) is 24.1. The Morgan fingerprint density at radius 3 is 2.44 bits per heavy atom. The summed E-state index contributed by atoms with van der Waals surface area (Å²) >= 11 is 0. The highest BCUT2D eigenvalue weighted by Gasteiger charge is 2.27. The smallest absolute Gasteiger partial charge is 0.335 e. The van der Waals surface area contributed by atoms with Crippen LogP contribution in [0.15, 0.2) is 54.7 Å². The van der Waals surface area contributed by atoms with Gasteiger partial charge in [0, 0.05) is 31.7 Å². The van der Waals surface area contributed by atoms with Gasteiger partial charge in [0.05, 0.1) is 23.3 Å². The quantitative estimate of drug-likeness (QED) is 0.436. The number of benzene rings is 2. The summed E-state index contributed by atoms with van der Waals surface area (Å²) in [6.07, 6.45) is 6.14. The predicted octanol–water partition coefficient (Wildman–Crippen LogP) is 6.19. The summed E-state index contributed by atoms with van der Waals surface area (Å²) < 4.78 is 2.31. The molecule has 0 amide bonds. The van der Waals surface area contributed by atoms with E-state index in [1.165, 1.54) is 59.9 Å². The molecule has 0 bridgehead atoms. The molecule has 5 nitrogen and oxygen atoms in total. The number of hydrogen-bond acceptors (Lipinski definition) is 3. The number of carboxylic acid groups (broad SMARTS) is 1. The van der Waals surface area contributed by atoms with E-state index in [2.05, 4.69) is 54.4 Å². The summed E-state index contributed by atoms with van der Waals surface area (Å²) in [6, 6.07) is 14.5. The van der Waals surface area contributed by atoms with E-state index < -0.39 is 5.97 Å². The molecule has 1 saturated carbocycles. The van der Waals surface area contributed by atoms with Crippen molar-refractivity contribution in [1.82, 2.24) is 14.4 Å². The first-order valence-electron chi connectivity index (χ1n) is 12.2. The number of rotatable bonds is 8. The van der Waals surface area contributed by atoms with Gasteiger partial charge in [-0.25, -0.2) is 4.79 Å². The van der Waals surface area contributed by atoms with Crippen LogP contribution in [0.25, 0.3) is 22.2 Å². The molecule has 0 atom stereocenters. The van der Waals surface area contributed by atoms with Crippen LogP contribution in [-0.4, -0.2) is 53.6 Å². The molecule has 3 aromatic rings. The number of allylic oxidation sites excluding steroid dienone is 1. The number of nitrogens with zero attached hydrogens (tertiary/aromatic N) is 3. The van der Waals surface area contributed by atoms with Gasteiger partial charge in [-0.3, -0.25) is 0 Å². The summed E-state index contributed by atoms with van der Waals surface area (Å²) in [5.41, 5.74) is 7.35. The molecule has 1 aliphatic rings. The Morgan fingerprint density at radius 2 is 1.79 bits per heavy atom. The Bertz CT molecular complexity index is 1200. The second kappa shape index (κ2) is 10.1. The first-order valence-corrected chi connectivity index (χ1v) is 12.2. The average molecular weight is 460 g/mol. The van der Waals surface area contributed by atoms with Crippen LogP contribution in [0.3, 0.4) is 0 Å². The highest BCUT2D eigenvalue weighted by molar-refractivity contribution is 5.98. The molecule has 1 heterocycles. The fourth-order valence-electron chi connectivity index (χ4n) is 5.30. The van der Waals surface area contributed by atoms with Gasteiger partial charge < -0.3 is 19.5 Å². The van der Waals surface area contributed by atoms with Gasteiger partial charge in [0.15, 0.2) is 0 Å². The molecular formula is C29H37N3O2. The standard InChI is InChI=1S/C29H37N3O2/c1-20(31(4)5)18-32-26-17-24(29(33)34)14-15-25(26)27(22-11-7-6-8-12-22)28(32)23-13-9-10-21(16-23)19-30(2)3/h9-10,13-17,22H,1,6-8,11-12,18-19H2,2-5H3,(H,33,34). The number of likely N-dealkylation sites (N-methyl/N-ethyl adjacent to an activating group) is 1. The lowest BCUT2D eigenvalue weighted by Crippen LogP contribution is -2.16. The highest BCUT2D eigenvalue weighted by atomic mass is 16.4. The molecule has 1 fully saturated rings. The largest absolute Gasteiger partial charge is 0.478 e. The van der Waals surface area contributed by atoms with Crippen molar-refractivity contribution in [2.45, 2.75) is 51.1 Å². The van der Waals surface area contributed by atoms with Crippen LogP contribution >= 0.6 is 0 Å². The number of aromatic carboxylic acids is 1. The highest BCUT2D eigenvalue weighted by Crippen LogP contribution is 2.44. The van der Waals surface area contributed by atoms with E-state index >= 15 is 0 Å². The molecule has 0 unspecified atom stereocenters. The topological polar surface area (TPSA) is 48.7 Å². The molecule has 2 aromatic carbocycles. The molecule has 0 spiro atoms. The lowest BCUT2D eigenvalue weighted by atomic mass is 9.81. The number of carbonyl (C=O) groups is 1. The van der Waals surface area contributed by atoms with Crippen LogP contribution in [0.5, 0.6) is 0 Å². The summed E-state index contributed by atoms with van der Waals surface area (Å²) in [4.78, 5) is 16.1. The maximum Gasteiger partial charge on any atom is 0.335 e. The maximum absolute atomic E-state index is 11.9. The molecule has 34 heavy (non-hydrogen) atoms. The van der Waals surface area contributed by atoms with Crippen LogP contribution in [0.4, 0.5) is 0 Å². The van der Waals surface area contributed by atoms with Crippen LogP contribution < -0.4 is 0 Å². The SMILES string of the molecule is C=C(Cn1c(-c2cccc(CN(C)C)c2)c(C2CCCCC2)c2ccc(C(=O)O)cc21)N(C)C. The van der Waals surface area contributed by atoms with E-state index in [-0.39, 0.29) is 0 Å². The van der Waals surface area contributed by atoms with Crippen molar-refractivity contribution in [3.05, 3.63) is 71.4 Å². The molecule has 1 aliphatic carbocycles. The Morgan fingerprint density at radius 1 is 1.06 bits per heavy atom. The molecule has 5 heteroatoms. The summed E-state index contributed by atoms with van der Waals surface area (Å²) in [5, 5.41) is 10.9. The third-order valence-corrected chi connectivity index (χ3v) is 7.04. The predicted molar refractivity (Wildman–Crippen MR) is 140 cm³/mol. The van der Waals surface area contributed by atoms with Gasteiger partial charge in [-0.1, -0.05) is 50.1 Å². The third kappa shape index (κ3) is 4.90. The second-order valence-corrected chi connectivity index (χ2v) is 10.1. The van der Waals surface area contributed by atoms with Crippen LogP contribution in [-0.2, 0) is 13.1 Å². The van der Waals surface area contributed by atoms with E-state index in [9.17, 15) is 9.90 Å². The van der Waals surface area contributed by atoms with Crippen molar-refractivity contribution in [2.75, 3.05) is 28.2 Å². The van der Waals surface area contributed by atoms with Crippen molar-refractivity contribution >= 4 is 16.9 Å². The van der Waals surface area contributed by atoms with Gasteiger partial charge in [0.2, 0.25) is 0 Å². The van der Waals surface area contributed by atoms with E-state index in [1.54, 1.807) is 6.07 Å². The molecule has 1 aromatic heterocycles. The van der Waals surface area contributed by atoms with Gasteiger partial charge in [-0.05, 0) is 67.7 Å². The molecule has 4 rings (SSSR count). The van der Waals surface area contributed by atoms with Gasteiger partial charge in [0.1, 0.15) is 0 Å². The van der Waals surface area contributed by atoms with Crippen LogP contribution in [0, 0.1) is 0 Å². The van der Waals surface area contributed by atoms with E-state index in [0.29, 0.717) is 18.0 Å². The minimum atomic E-state index is -0.894. The van der Waals surface area contributed by atoms with Crippen LogP contribution in [0.1, 0.15) is 59.5 Å². The van der Waals surface area contributed by atoms with Gasteiger partial charge >= 0.3 is 5.97 Å². The zero-order valence-electron chi connectivity index (χ0n) is 21.0. The van der Waals surface area contributed by atoms with E-state index in [4.69, 9.17) is 0 Å². The lowest BCUT2D eigenvalue weighted by molar-refractivity contribution is 0.0697. The molecule has 180 valence electrons. The number of aromatic nitrogens is 1. The lowest BCUT2D eigenvalue weighted by Gasteiger charge is -2.25. The minimum absolute atomic E-state index is 0.324. The monoisotopic (exact) mass is 459 g/mol.